The van der Waals surface area contributed by atoms with Crippen LogP contribution in [0.25, 0.3) is 0 Å². The molecule has 0 aliphatic carbocycles. The summed E-state index contributed by atoms with van der Waals surface area (Å²) in [4.78, 5) is 0. The van der Waals surface area contributed by atoms with Gasteiger partial charge in [0.1, 0.15) is 0 Å². The summed E-state index contributed by atoms with van der Waals surface area (Å²) >= 11 is 5.95. The number of hydrogen-bond donors (Lipinski definition) is 1. The molecular weight excluding hydrogens is 299 g/mol. The molecule has 0 unspecified atom stereocenters. The van der Waals surface area contributed by atoms with Crippen LogP contribution >= 0.6 is 11.6 Å². The van der Waals surface area contributed by atoms with Gasteiger partial charge in [-0.25, -0.2) is 0 Å². The monoisotopic (exact) mass is 313 g/mol. The van der Waals surface area contributed by atoms with Crippen LogP contribution in [0.2, 0.25) is 5.02 Å². The maximum atomic E-state index is 12.7. The smallest absolute Gasteiger partial charge is 0.380 e. The molecule has 0 fully saturated rings. The van der Waals surface area contributed by atoms with Crippen LogP contribution in [0.1, 0.15) is 22.3 Å². The van der Waals surface area contributed by atoms with Gasteiger partial charge in [0.2, 0.25) is 0 Å². The second-order valence-corrected chi connectivity index (χ2v) is 5.45. The minimum absolute atomic E-state index is 0.271. The Balaban J connectivity index is 2.19. The van der Waals surface area contributed by atoms with E-state index in [1.54, 1.807) is 0 Å². The first-order chi connectivity index (χ1) is 9.75. The van der Waals surface area contributed by atoms with E-state index in [1.807, 2.05) is 32.0 Å². The fourth-order valence-electron chi connectivity index (χ4n) is 2.21. The van der Waals surface area contributed by atoms with Crippen molar-refractivity contribution in [1.29, 1.82) is 0 Å². The Hall–Kier alpha value is -1.68. The zero-order valence-corrected chi connectivity index (χ0v) is 12.4. The Morgan fingerprint density at radius 3 is 2.19 bits per heavy atom. The number of rotatable bonds is 3. The topological polar surface area (TPSA) is 12.0 Å². The fourth-order valence-corrected chi connectivity index (χ4v) is 2.39. The van der Waals surface area contributed by atoms with Crippen molar-refractivity contribution in [3.05, 3.63) is 63.7 Å². The number of halogens is 4. The summed E-state index contributed by atoms with van der Waals surface area (Å²) in [6.45, 7) is 4.38. The summed E-state index contributed by atoms with van der Waals surface area (Å²) in [5.74, 6) is 0. The number of alkyl halides is 3. The first-order valence-corrected chi connectivity index (χ1v) is 6.81. The van der Waals surface area contributed by atoms with Crippen molar-refractivity contribution in [2.24, 2.45) is 0 Å². The minimum Gasteiger partial charge on any atom is -0.380 e. The van der Waals surface area contributed by atoms with Crippen molar-refractivity contribution in [3.8, 4) is 0 Å². The molecule has 0 aliphatic heterocycles. The lowest BCUT2D eigenvalue weighted by Crippen LogP contribution is -2.07. The number of benzene rings is 2. The summed E-state index contributed by atoms with van der Waals surface area (Å²) in [6.07, 6.45) is -4.37. The highest BCUT2D eigenvalue weighted by Gasteiger charge is 2.30. The molecule has 0 heterocycles. The zero-order chi connectivity index (χ0) is 15.6. The highest BCUT2D eigenvalue weighted by molar-refractivity contribution is 6.33. The van der Waals surface area contributed by atoms with Gasteiger partial charge in [0, 0.05) is 6.54 Å². The molecule has 21 heavy (non-hydrogen) atoms. The highest BCUT2D eigenvalue weighted by atomic mass is 35.5. The van der Waals surface area contributed by atoms with Gasteiger partial charge in [-0.05, 0) is 37.6 Å². The van der Waals surface area contributed by atoms with Crippen LogP contribution in [-0.2, 0) is 12.7 Å². The Kier molecular flexibility index (Phi) is 4.47. The number of nitrogens with one attached hydrogen (secondary N) is 1. The quantitative estimate of drug-likeness (QED) is 0.779. The third-order valence-corrected chi connectivity index (χ3v) is 3.39. The molecule has 112 valence electrons. The van der Waals surface area contributed by atoms with E-state index in [0.29, 0.717) is 6.54 Å². The molecule has 1 nitrogen and oxygen atoms in total. The molecule has 0 aliphatic rings. The van der Waals surface area contributed by atoms with Crippen LogP contribution in [0.4, 0.5) is 18.9 Å². The molecule has 0 saturated carbocycles. The number of anilines is 1. The Labute approximate surface area is 126 Å². The van der Waals surface area contributed by atoms with Gasteiger partial charge in [0.05, 0.1) is 16.3 Å². The summed E-state index contributed by atoms with van der Waals surface area (Å²) in [5.41, 5.74) is 2.80. The lowest BCUT2D eigenvalue weighted by Gasteiger charge is -2.13. The van der Waals surface area contributed by atoms with Crippen LogP contribution in [0, 0.1) is 13.8 Å². The van der Waals surface area contributed by atoms with Crippen molar-refractivity contribution in [2.45, 2.75) is 26.6 Å². The Morgan fingerprint density at radius 2 is 1.62 bits per heavy atom. The van der Waals surface area contributed by atoms with E-state index in [1.165, 1.54) is 6.07 Å². The Morgan fingerprint density at radius 1 is 1.00 bits per heavy atom. The van der Waals surface area contributed by atoms with Gasteiger partial charge in [-0.3, -0.25) is 0 Å². The maximum absolute atomic E-state index is 12.7. The van der Waals surface area contributed by atoms with E-state index in [-0.39, 0.29) is 10.7 Å². The van der Waals surface area contributed by atoms with Gasteiger partial charge >= 0.3 is 6.18 Å². The highest BCUT2D eigenvalue weighted by Crippen LogP contribution is 2.34. The molecule has 2 aromatic rings. The minimum atomic E-state index is -4.37. The van der Waals surface area contributed by atoms with E-state index in [0.717, 1.165) is 28.8 Å². The van der Waals surface area contributed by atoms with E-state index in [4.69, 9.17) is 11.6 Å². The predicted octanol–water partition coefficient (Wildman–Crippen LogP) is 5.59. The van der Waals surface area contributed by atoms with Crippen molar-refractivity contribution in [2.75, 3.05) is 5.32 Å². The van der Waals surface area contributed by atoms with Gasteiger partial charge in [-0.1, -0.05) is 40.9 Å². The summed E-state index contributed by atoms with van der Waals surface area (Å²) in [7, 11) is 0. The largest absolute Gasteiger partial charge is 0.416 e. The summed E-state index contributed by atoms with van der Waals surface area (Å²) < 4.78 is 38.1. The molecule has 2 aromatic carbocycles. The Bertz CT molecular complexity index is 630. The van der Waals surface area contributed by atoms with Gasteiger partial charge in [-0.15, -0.1) is 0 Å². The molecule has 2 rings (SSSR count). The molecule has 0 radical (unpaired) electrons. The molecule has 0 aromatic heterocycles. The van der Waals surface area contributed by atoms with Crippen molar-refractivity contribution in [1.82, 2.24) is 0 Å². The van der Waals surface area contributed by atoms with Crippen LogP contribution in [0.15, 0.2) is 36.4 Å². The first kappa shape index (κ1) is 15.7. The van der Waals surface area contributed by atoms with Gasteiger partial charge in [0.15, 0.2) is 0 Å². The molecule has 0 amide bonds. The van der Waals surface area contributed by atoms with E-state index >= 15 is 0 Å². The molecule has 0 bridgehead atoms. The molecule has 0 spiro atoms. The van der Waals surface area contributed by atoms with Crippen LogP contribution in [0.5, 0.6) is 0 Å². The van der Waals surface area contributed by atoms with Crippen LogP contribution in [0.3, 0.4) is 0 Å². The van der Waals surface area contributed by atoms with Gasteiger partial charge in [-0.2, -0.15) is 13.2 Å². The number of hydrogen-bond acceptors (Lipinski definition) is 1. The van der Waals surface area contributed by atoms with Crippen molar-refractivity contribution in [3.63, 3.8) is 0 Å². The summed E-state index contributed by atoms with van der Waals surface area (Å²) in [5, 5.41) is 3.23. The SMILES string of the molecule is Cc1cc(C)cc(CNc2cc(C(F)(F)F)ccc2Cl)c1. The standard InChI is InChI=1S/C16H15ClF3N/c1-10-5-11(2)7-12(6-10)9-21-15-8-13(16(18,19)20)3-4-14(15)17/h3-8,21H,9H2,1-2H3. The average Bonchev–Trinajstić information content (AvgIpc) is 2.35. The van der Waals surface area contributed by atoms with E-state index in [2.05, 4.69) is 5.32 Å². The van der Waals surface area contributed by atoms with Crippen LogP contribution in [-0.4, -0.2) is 0 Å². The molecule has 1 N–H and O–H groups in total. The van der Waals surface area contributed by atoms with Crippen LogP contribution < -0.4 is 5.32 Å². The third kappa shape index (κ3) is 4.14. The van der Waals surface area contributed by atoms with E-state index in [9.17, 15) is 13.2 Å². The fraction of sp³-hybridized carbons (Fsp3) is 0.250. The van der Waals surface area contributed by atoms with Gasteiger partial charge < -0.3 is 5.32 Å². The second kappa shape index (κ2) is 5.98. The lowest BCUT2D eigenvalue weighted by atomic mass is 10.1. The first-order valence-electron chi connectivity index (χ1n) is 6.43. The molecule has 0 saturated heterocycles. The number of aryl methyl sites for hydroxylation is 2. The van der Waals surface area contributed by atoms with Gasteiger partial charge in [0.25, 0.3) is 0 Å². The average molecular weight is 314 g/mol. The molecule has 0 atom stereocenters. The molecule has 5 heteroatoms. The third-order valence-electron chi connectivity index (χ3n) is 3.06. The maximum Gasteiger partial charge on any atom is 0.416 e. The second-order valence-electron chi connectivity index (χ2n) is 5.04. The predicted molar refractivity (Wildman–Crippen MR) is 79.7 cm³/mol. The normalized spacial score (nSPS) is 11.5. The summed E-state index contributed by atoms with van der Waals surface area (Å²) in [6, 6.07) is 9.29. The van der Waals surface area contributed by atoms with Crippen molar-refractivity contribution < 1.29 is 13.2 Å². The van der Waals surface area contributed by atoms with Crippen molar-refractivity contribution >= 4 is 17.3 Å². The van der Waals surface area contributed by atoms with E-state index < -0.39 is 11.7 Å². The zero-order valence-electron chi connectivity index (χ0n) is 11.7. The lowest BCUT2D eigenvalue weighted by molar-refractivity contribution is -0.137. The molecular formula is C16H15ClF3N.